The smallest absolute Gasteiger partial charge is 0.250 e. The van der Waals surface area contributed by atoms with Crippen LogP contribution in [-0.4, -0.2) is 57.7 Å². The van der Waals surface area contributed by atoms with E-state index in [4.69, 9.17) is 4.74 Å². The lowest BCUT2D eigenvalue weighted by Crippen LogP contribution is -2.37. The molecule has 0 amide bonds. The maximum Gasteiger partial charge on any atom is 0.250 e. The largest absolute Gasteiger partial charge is 0.504 e. The second-order valence-electron chi connectivity index (χ2n) is 6.49. The molecule has 154 valence electrons. The molecule has 0 radical (unpaired) electrons. The molecule has 4 N–H and O–H groups in total. The highest BCUT2D eigenvalue weighted by Crippen LogP contribution is 2.24. The Bertz CT molecular complexity index is 1020. The number of hydrazone groups is 1. The normalized spacial score (nSPS) is 14.1. The van der Waals surface area contributed by atoms with Crippen molar-refractivity contribution in [3.63, 3.8) is 0 Å². The predicted molar refractivity (Wildman–Crippen MR) is 114 cm³/mol. The number of phenols is 2. The predicted octanol–water partition coefficient (Wildman–Crippen LogP) is 2.31. The first-order chi connectivity index (χ1) is 14.7. The molecule has 0 saturated carbocycles. The number of hydrogen-bond acceptors (Lipinski definition) is 10. The average molecular weight is 407 g/mol. The van der Waals surface area contributed by atoms with E-state index in [0.29, 0.717) is 43.8 Å². The van der Waals surface area contributed by atoms with E-state index in [1.807, 2.05) is 35.2 Å². The van der Waals surface area contributed by atoms with Crippen LogP contribution < -0.4 is 15.6 Å². The van der Waals surface area contributed by atoms with Crippen molar-refractivity contribution in [2.24, 2.45) is 5.10 Å². The fraction of sp³-hybridized carbons (Fsp3) is 0.200. The van der Waals surface area contributed by atoms with Crippen molar-refractivity contribution < 1.29 is 14.9 Å². The first kappa shape index (κ1) is 19.4. The molecule has 3 aromatic rings. The molecule has 1 saturated heterocycles. The zero-order valence-corrected chi connectivity index (χ0v) is 16.1. The monoisotopic (exact) mass is 407 g/mol. The molecule has 30 heavy (non-hydrogen) atoms. The SMILES string of the molecule is Oc1ccc(/C=N/Nc2nc(Nc3ccccc3)nc(N3CCOCC3)n2)cc1O. The number of phenolic OH excluding ortho intramolecular Hbond substituents is 2. The van der Waals surface area contributed by atoms with Crippen LogP contribution in [0.15, 0.2) is 53.6 Å². The molecule has 0 spiro atoms. The van der Waals surface area contributed by atoms with Crippen molar-refractivity contribution >= 4 is 29.7 Å². The van der Waals surface area contributed by atoms with Gasteiger partial charge in [-0.15, -0.1) is 0 Å². The third-order valence-corrected chi connectivity index (χ3v) is 4.33. The lowest BCUT2D eigenvalue weighted by molar-refractivity contribution is 0.122. The van der Waals surface area contributed by atoms with E-state index in [0.717, 1.165) is 5.69 Å². The summed E-state index contributed by atoms with van der Waals surface area (Å²) >= 11 is 0. The van der Waals surface area contributed by atoms with Crippen molar-refractivity contribution in [2.75, 3.05) is 41.9 Å². The number of benzene rings is 2. The van der Waals surface area contributed by atoms with Crippen molar-refractivity contribution in [3.8, 4) is 11.5 Å². The molecule has 10 nitrogen and oxygen atoms in total. The van der Waals surface area contributed by atoms with Gasteiger partial charge in [0.25, 0.3) is 0 Å². The Morgan fingerprint density at radius 1 is 0.933 bits per heavy atom. The minimum Gasteiger partial charge on any atom is -0.504 e. The third-order valence-electron chi connectivity index (χ3n) is 4.33. The van der Waals surface area contributed by atoms with Crippen LogP contribution in [0, 0.1) is 0 Å². The van der Waals surface area contributed by atoms with Crippen molar-refractivity contribution in [1.82, 2.24) is 15.0 Å². The standard InChI is InChI=1S/C20H21N7O3/c28-16-7-6-14(12-17(16)29)13-21-26-19-23-18(22-15-4-2-1-3-5-15)24-20(25-19)27-8-10-30-11-9-27/h1-7,12-13,28-29H,8-11H2,(H2,22,23,24,25,26)/b21-13+. The number of ether oxygens (including phenoxy) is 1. The molecule has 1 aliphatic heterocycles. The molecule has 2 aromatic carbocycles. The molecule has 4 rings (SSSR count). The average Bonchev–Trinajstić information content (AvgIpc) is 2.77. The van der Waals surface area contributed by atoms with Crippen LogP contribution in [0.4, 0.5) is 23.5 Å². The molecule has 0 bridgehead atoms. The Morgan fingerprint density at radius 2 is 1.70 bits per heavy atom. The summed E-state index contributed by atoms with van der Waals surface area (Å²) < 4.78 is 5.40. The minimum absolute atomic E-state index is 0.190. The van der Waals surface area contributed by atoms with Gasteiger partial charge in [-0.05, 0) is 35.9 Å². The molecule has 1 fully saturated rings. The fourth-order valence-electron chi connectivity index (χ4n) is 2.81. The summed E-state index contributed by atoms with van der Waals surface area (Å²) in [6.45, 7) is 2.59. The van der Waals surface area contributed by atoms with E-state index in [2.05, 4.69) is 30.8 Å². The van der Waals surface area contributed by atoms with E-state index in [1.165, 1.54) is 18.3 Å². The lowest BCUT2D eigenvalue weighted by atomic mass is 10.2. The van der Waals surface area contributed by atoms with Crippen LogP contribution in [0.3, 0.4) is 0 Å². The van der Waals surface area contributed by atoms with E-state index >= 15 is 0 Å². The number of anilines is 4. The van der Waals surface area contributed by atoms with Gasteiger partial charge in [0.05, 0.1) is 19.4 Å². The summed E-state index contributed by atoms with van der Waals surface area (Å²) in [5.41, 5.74) is 4.25. The topological polar surface area (TPSA) is 128 Å². The fourth-order valence-corrected chi connectivity index (χ4v) is 2.81. The van der Waals surface area contributed by atoms with Crippen LogP contribution in [0.25, 0.3) is 0 Å². The van der Waals surface area contributed by atoms with Gasteiger partial charge >= 0.3 is 0 Å². The Balaban J connectivity index is 1.56. The van der Waals surface area contributed by atoms with Crippen LogP contribution >= 0.6 is 0 Å². The van der Waals surface area contributed by atoms with Gasteiger partial charge in [-0.3, -0.25) is 0 Å². The van der Waals surface area contributed by atoms with Crippen molar-refractivity contribution in [2.45, 2.75) is 0 Å². The number of aromatic nitrogens is 3. The summed E-state index contributed by atoms with van der Waals surface area (Å²) in [7, 11) is 0. The summed E-state index contributed by atoms with van der Waals surface area (Å²) in [6.07, 6.45) is 1.49. The molecule has 0 unspecified atom stereocenters. The second-order valence-corrected chi connectivity index (χ2v) is 6.49. The van der Waals surface area contributed by atoms with E-state index in [1.54, 1.807) is 6.07 Å². The summed E-state index contributed by atoms with van der Waals surface area (Å²) in [5, 5.41) is 26.3. The van der Waals surface area contributed by atoms with Gasteiger partial charge in [0.2, 0.25) is 17.8 Å². The second kappa shape index (κ2) is 9.05. The molecule has 2 heterocycles. The highest BCUT2D eigenvalue weighted by molar-refractivity contribution is 5.81. The number of morpholine rings is 1. The number of para-hydroxylation sites is 1. The quantitative estimate of drug-likeness (QED) is 0.276. The van der Waals surface area contributed by atoms with Gasteiger partial charge in [-0.1, -0.05) is 18.2 Å². The lowest BCUT2D eigenvalue weighted by Gasteiger charge is -2.27. The molecule has 0 atom stereocenters. The van der Waals surface area contributed by atoms with Gasteiger partial charge in [0, 0.05) is 18.8 Å². The Labute approximate surface area is 172 Å². The minimum atomic E-state index is -0.219. The highest BCUT2D eigenvalue weighted by atomic mass is 16.5. The first-order valence-corrected chi connectivity index (χ1v) is 9.39. The van der Waals surface area contributed by atoms with E-state index < -0.39 is 0 Å². The third kappa shape index (κ3) is 4.92. The molecular weight excluding hydrogens is 386 g/mol. The highest BCUT2D eigenvalue weighted by Gasteiger charge is 2.16. The van der Waals surface area contributed by atoms with Crippen LogP contribution in [0.5, 0.6) is 11.5 Å². The zero-order chi connectivity index (χ0) is 20.8. The first-order valence-electron chi connectivity index (χ1n) is 9.39. The molecule has 1 aliphatic rings. The van der Waals surface area contributed by atoms with Crippen LogP contribution in [0.1, 0.15) is 5.56 Å². The Morgan fingerprint density at radius 3 is 2.47 bits per heavy atom. The summed E-state index contributed by atoms with van der Waals surface area (Å²) in [4.78, 5) is 15.4. The van der Waals surface area contributed by atoms with Gasteiger partial charge in [-0.25, -0.2) is 5.43 Å². The van der Waals surface area contributed by atoms with Gasteiger partial charge < -0.3 is 25.2 Å². The van der Waals surface area contributed by atoms with Gasteiger partial charge in [0.1, 0.15) is 0 Å². The number of rotatable bonds is 6. The molecule has 10 heteroatoms. The summed E-state index contributed by atoms with van der Waals surface area (Å²) in [5.74, 6) is 0.765. The summed E-state index contributed by atoms with van der Waals surface area (Å²) in [6, 6.07) is 14.0. The van der Waals surface area contributed by atoms with Crippen molar-refractivity contribution in [3.05, 3.63) is 54.1 Å². The van der Waals surface area contributed by atoms with Crippen molar-refractivity contribution in [1.29, 1.82) is 0 Å². The molecule has 0 aliphatic carbocycles. The maximum absolute atomic E-state index is 9.58. The van der Waals surface area contributed by atoms with Gasteiger partial charge in [-0.2, -0.15) is 20.1 Å². The van der Waals surface area contributed by atoms with E-state index in [-0.39, 0.29) is 17.4 Å². The Hall–Kier alpha value is -3.92. The molecule has 1 aromatic heterocycles. The Kier molecular flexibility index (Phi) is 5.85. The number of aromatic hydroxyl groups is 2. The number of hydrogen-bond donors (Lipinski definition) is 4. The number of nitrogens with zero attached hydrogens (tertiary/aromatic N) is 5. The maximum atomic E-state index is 9.58. The van der Waals surface area contributed by atoms with Gasteiger partial charge in [0.15, 0.2) is 11.5 Å². The number of nitrogens with one attached hydrogen (secondary N) is 2. The van der Waals surface area contributed by atoms with Crippen LogP contribution in [0.2, 0.25) is 0 Å². The van der Waals surface area contributed by atoms with Crippen LogP contribution in [-0.2, 0) is 4.74 Å². The van der Waals surface area contributed by atoms with E-state index in [9.17, 15) is 10.2 Å². The molecular formula is C20H21N7O3. The zero-order valence-electron chi connectivity index (χ0n) is 16.1.